The Kier molecular flexibility index (Phi) is 6.66. The molecule has 1 heterocycles. The Hall–Kier alpha value is -3.13. The molecule has 2 aromatic carbocycles. The van der Waals surface area contributed by atoms with Gasteiger partial charge in [-0.2, -0.15) is 5.26 Å². The van der Waals surface area contributed by atoms with E-state index in [1.807, 2.05) is 4.90 Å². The molecule has 0 aromatic heterocycles. The molecule has 0 atom stereocenters. The summed E-state index contributed by atoms with van der Waals surface area (Å²) in [7, 11) is 0. The van der Waals surface area contributed by atoms with Gasteiger partial charge >= 0.3 is 0 Å². The fraction of sp³-hybridized carbons (Fsp3) is 0.423. The second kappa shape index (κ2) is 9.78. The van der Waals surface area contributed by atoms with E-state index in [2.05, 4.69) is 35.7 Å². The van der Waals surface area contributed by atoms with E-state index >= 15 is 0 Å². The lowest BCUT2D eigenvalue weighted by Crippen LogP contribution is -2.38. The Bertz CT molecular complexity index is 948. The van der Waals surface area contributed by atoms with Gasteiger partial charge in [-0.1, -0.05) is 24.3 Å². The maximum absolute atomic E-state index is 12.7. The molecular formula is C26H29N3O2. The lowest BCUT2D eigenvalue weighted by molar-refractivity contribution is -0.121. The first-order valence-corrected chi connectivity index (χ1v) is 11.3. The van der Waals surface area contributed by atoms with Crippen LogP contribution in [0.4, 0.5) is 0 Å². The van der Waals surface area contributed by atoms with E-state index < -0.39 is 0 Å². The normalized spacial score (nSPS) is 16.5. The van der Waals surface area contributed by atoms with Gasteiger partial charge in [-0.25, -0.2) is 0 Å². The van der Waals surface area contributed by atoms with Crippen molar-refractivity contribution >= 4 is 11.8 Å². The highest BCUT2D eigenvalue weighted by atomic mass is 16.2. The highest BCUT2D eigenvalue weighted by molar-refractivity contribution is 5.94. The molecule has 2 aliphatic rings. The van der Waals surface area contributed by atoms with Crippen LogP contribution in [-0.2, 0) is 17.6 Å². The molecule has 4 rings (SSSR count). The smallest absolute Gasteiger partial charge is 0.253 e. The van der Waals surface area contributed by atoms with Gasteiger partial charge in [-0.15, -0.1) is 0 Å². The van der Waals surface area contributed by atoms with Gasteiger partial charge in [0, 0.05) is 31.1 Å². The second-order valence-corrected chi connectivity index (χ2v) is 8.79. The first kappa shape index (κ1) is 21.1. The van der Waals surface area contributed by atoms with Crippen LogP contribution in [0, 0.1) is 17.2 Å². The molecule has 5 heteroatoms. The quantitative estimate of drug-likeness (QED) is 0.746. The number of hydrogen-bond donors (Lipinski definition) is 1. The number of nitrogens with zero attached hydrogens (tertiary/aromatic N) is 2. The number of carbonyl (C=O) groups is 2. The number of rotatable bonds is 7. The monoisotopic (exact) mass is 415 g/mol. The highest BCUT2D eigenvalue weighted by Gasteiger charge is 2.24. The number of hydrogen-bond acceptors (Lipinski definition) is 3. The van der Waals surface area contributed by atoms with Crippen LogP contribution in [0.15, 0.2) is 48.5 Å². The average Bonchev–Trinajstić information content (AvgIpc) is 3.63. The van der Waals surface area contributed by atoms with E-state index in [1.165, 1.54) is 11.1 Å². The Balaban J connectivity index is 1.21. The fourth-order valence-corrected chi connectivity index (χ4v) is 4.17. The van der Waals surface area contributed by atoms with Gasteiger partial charge < -0.3 is 10.2 Å². The van der Waals surface area contributed by atoms with Crippen LogP contribution < -0.4 is 5.32 Å². The van der Waals surface area contributed by atoms with Gasteiger partial charge in [-0.3, -0.25) is 9.59 Å². The number of carbonyl (C=O) groups excluding carboxylic acids is 2. The van der Waals surface area contributed by atoms with Gasteiger partial charge in [0.2, 0.25) is 5.91 Å². The third-order valence-electron chi connectivity index (χ3n) is 6.29. The minimum absolute atomic E-state index is 0.0537. The lowest BCUT2D eigenvalue weighted by atomic mass is 9.89. The van der Waals surface area contributed by atoms with Crippen LogP contribution in [0.1, 0.15) is 59.2 Å². The number of piperidine rings is 1. The van der Waals surface area contributed by atoms with Crippen LogP contribution in [0.2, 0.25) is 0 Å². The van der Waals surface area contributed by atoms with Gasteiger partial charge in [0.15, 0.2) is 0 Å². The number of aryl methyl sites for hydroxylation is 1. The van der Waals surface area contributed by atoms with Gasteiger partial charge in [0.25, 0.3) is 5.91 Å². The summed E-state index contributed by atoms with van der Waals surface area (Å²) in [6, 6.07) is 18.0. The first-order valence-electron chi connectivity index (χ1n) is 11.3. The van der Waals surface area contributed by atoms with Crippen molar-refractivity contribution in [3.8, 4) is 6.07 Å². The van der Waals surface area contributed by atoms with E-state index in [9.17, 15) is 9.59 Å². The third kappa shape index (κ3) is 5.95. The minimum Gasteiger partial charge on any atom is -0.353 e. The predicted molar refractivity (Wildman–Crippen MR) is 119 cm³/mol. The largest absolute Gasteiger partial charge is 0.353 e. The van der Waals surface area contributed by atoms with Crippen LogP contribution >= 0.6 is 0 Å². The van der Waals surface area contributed by atoms with Crippen molar-refractivity contribution in [1.82, 2.24) is 10.2 Å². The molecule has 0 bridgehead atoms. The summed E-state index contributed by atoms with van der Waals surface area (Å²) in [4.78, 5) is 26.5. The van der Waals surface area contributed by atoms with Crippen molar-refractivity contribution in [2.75, 3.05) is 13.1 Å². The maximum atomic E-state index is 12.7. The standard InChI is InChI=1S/C26H29N3O2/c27-18-22-5-8-23(9-6-22)26(31)29-15-13-21(14-16-29)17-20-3-1-19(2-4-20)7-12-25(30)28-24-10-11-24/h1-6,8-9,21,24H,7,10-17H2,(H,28,30). The van der Waals surface area contributed by atoms with Crippen LogP contribution in [0.5, 0.6) is 0 Å². The SMILES string of the molecule is N#Cc1ccc(C(=O)N2CCC(Cc3ccc(CCC(=O)NC4CC4)cc3)CC2)cc1. The number of amides is 2. The molecule has 1 saturated carbocycles. The van der Waals surface area contributed by atoms with E-state index in [0.29, 0.717) is 29.5 Å². The molecule has 2 aromatic rings. The maximum Gasteiger partial charge on any atom is 0.253 e. The van der Waals surface area contributed by atoms with E-state index in [-0.39, 0.29) is 11.8 Å². The summed E-state index contributed by atoms with van der Waals surface area (Å²) in [5.74, 6) is 0.798. The number of nitrogens with one attached hydrogen (secondary N) is 1. The van der Waals surface area contributed by atoms with E-state index in [0.717, 1.165) is 51.6 Å². The molecule has 1 N–H and O–H groups in total. The van der Waals surface area contributed by atoms with Crippen molar-refractivity contribution in [2.24, 2.45) is 5.92 Å². The average molecular weight is 416 g/mol. The molecule has 1 aliphatic heterocycles. The topological polar surface area (TPSA) is 73.2 Å². The van der Waals surface area contributed by atoms with Gasteiger partial charge in [-0.05, 0) is 79.8 Å². The van der Waals surface area contributed by atoms with Crippen molar-refractivity contribution in [3.05, 3.63) is 70.8 Å². The zero-order valence-electron chi connectivity index (χ0n) is 17.8. The molecule has 5 nitrogen and oxygen atoms in total. The molecule has 0 unspecified atom stereocenters. The van der Waals surface area contributed by atoms with Crippen molar-refractivity contribution in [1.29, 1.82) is 5.26 Å². The van der Waals surface area contributed by atoms with Crippen LogP contribution in [0.3, 0.4) is 0 Å². The minimum atomic E-state index is 0.0537. The zero-order chi connectivity index (χ0) is 21.6. The fourth-order valence-electron chi connectivity index (χ4n) is 4.17. The third-order valence-corrected chi connectivity index (χ3v) is 6.29. The Labute approximate surface area is 184 Å². The first-order chi connectivity index (χ1) is 15.1. The number of nitriles is 1. The Morgan fingerprint density at radius 1 is 0.935 bits per heavy atom. The van der Waals surface area contributed by atoms with Crippen molar-refractivity contribution < 1.29 is 9.59 Å². The van der Waals surface area contributed by atoms with Crippen molar-refractivity contribution in [3.63, 3.8) is 0 Å². The van der Waals surface area contributed by atoms with Crippen molar-refractivity contribution in [2.45, 2.75) is 51.0 Å². The summed E-state index contributed by atoms with van der Waals surface area (Å²) in [5.41, 5.74) is 3.75. The molecule has 2 fully saturated rings. The second-order valence-electron chi connectivity index (χ2n) is 8.79. The predicted octanol–water partition coefficient (Wildman–Crippen LogP) is 3.86. The van der Waals surface area contributed by atoms with Crippen LogP contribution in [-0.4, -0.2) is 35.8 Å². The lowest BCUT2D eigenvalue weighted by Gasteiger charge is -2.32. The molecular weight excluding hydrogens is 386 g/mol. The summed E-state index contributed by atoms with van der Waals surface area (Å²) in [6.07, 6.45) is 6.64. The van der Waals surface area contributed by atoms with Gasteiger partial charge in [0.05, 0.1) is 11.6 Å². The van der Waals surface area contributed by atoms with E-state index in [1.54, 1.807) is 24.3 Å². The molecule has 1 saturated heterocycles. The Morgan fingerprint density at radius 3 is 2.19 bits per heavy atom. The molecule has 0 spiro atoms. The molecule has 2 amide bonds. The molecule has 31 heavy (non-hydrogen) atoms. The van der Waals surface area contributed by atoms with Crippen LogP contribution in [0.25, 0.3) is 0 Å². The summed E-state index contributed by atoms with van der Waals surface area (Å²) in [5, 5.41) is 11.9. The van der Waals surface area contributed by atoms with Gasteiger partial charge in [0.1, 0.15) is 0 Å². The summed E-state index contributed by atoms with van der Waals surface area (Å²) >= 11 is 0. The summed E-state index contributed by atoms with van der Waals surface area (Å²) < 4.78 is 0. The zero-order valence-corrected chi connectivity index (χ0v) is 17.8. The molecule has 1 aliphatic carbocycles. The molecule has 0 radical (unpaired) electrons. The number of benzene rings is 2. The van der Waals surface area contributed by atoms with E-state index in [4.69, 9.17) is 5.26 Å². The molecule has 160 valence electrons. The number of likely N-dealkylation sites (tertiary alicyclic amines) is 1. The highest BCUT2D eigenvalue weighted by Crippen LogP contribution is 2.23. The summed E-state index contributed by atoms with van der Waals surface area (Å²) in [6.45, 7) is 1.55. The Morgan fingerprint density at radius 2 is 1.58 bits per heavy atom.